The van der Waals surface area contributed by atoms with E-state index >= 15 is 0 Å². The molecular weight excluding hydrogens is 673 g/mol. The van der Waals surface area contributed by atoms with Crippen LogP contribution in [-0.4, -0.2) is 44.0 Å². The molecule has 0 saturated carbocycles. The van der Waals surface area contributed by atoms with Crippen LogP contribution in [0.25, 0.3) is 38.5 Å². The van der Waals surface area contributed by atoms with Crippen LogP contribution in [0.2, 0.25) is 0 Å². The molecule has 2 heterocycles. The molecule has 1 aromatic heterocycles. The highest BCUT2D eigenvalue weighted by Gasteiger charge is 2.29. The van der Waals surface area contributed by atoms with Gasteiger partial charge in [-0.3, -0.25) is 9.11 Å². The number of thioether (sulfide) groups is 1. The lowest BCUT2D eigenvalue weighted by molar-refractivity contribution is -0.669. The average molecular weight is 708 g/mol. The minimum absolute atomic E-state index is 0.284. The van der Waals surface area contributed by atoms with Gasteiger partial charge in [0.05, 0.1) is 28.3 Å². The molecule has 0 spiro atoms. The molecule has 0 amide bonds. The summed E-state index contributed by atoms with van der Waals surface area (Å²) in [5.74, 6) is -0.568. The Bertz CT molecular complexity index is 2130. The van der Waals surface area contributed by atoms with Crippen molar-refractivity contribution in [3.05, 3.63) is 107 Å². The summed E-state index contributed by atoms with van der Waals surface area (Å²) in [5, 5.41) is 2.00. The number of aryl methyl sites for hydroxylation is 1. The first-order valence-corrected chi connectivity index (χ1v) is 20.2. The molecule has 2 N–H and O–H groups in total. The third-order valence-electron chi connectivity index (χ3n) is 7.99. The third kappa shape index (κ3) is 8.50. The number of unbranched alkanes of at least 4 members (excludes halogenated alkanes) is 2. The van der Waals surface area contributed by atoms with Gasteiger partial charge in [-0.2, -0.15) is 21.4 Å². The Morgan fingerprint density at radius 1 is 0.681 bits per heavy atom. The van der Waals surface area contributed by atoms with Crippen LogP contribution in [-0.2, 0) is 26.8 Å². The number of hydrogen-bond acceptors (Lipinski definition) is 7. The molecule has 0 bridgehead atoms. The summed E-state index contributed by atoms with van der Waals surface area (Å²) in [6.45, 7) is 1.13. The van der Waals surface area contributed by atoms with Crippen LogP contribution in [0.15, 0.2) is 107 Å². The molecule has 0 unspecified atom stereocenters. The number of nitrogens with zero attached hydrogens (tertiary/aromatic N) is 2. The van der Waals surface area contributed by atoms with E-state index in [1.807, 2.05) is 36.4 Å². The summed E-state index contributed by atoms with van der Waals surface area (Å²) in [6.07, 6.45) is 3.95. The van der Waals surface area contributed by atoms with Gasteiger partial charge in [-0.05, 0) is 59.7 Å². The maximum atomic E-state index is 11.4. The minimum atomic E-state index is -4.04. The van der Waals surface area contributed by atoms with Gasteiger partial charge in [0.2, 0.25) is 5.52 Å². The molecule has 8 nitrogen and oxygen atoms in total. The van der Waals surface area contributed by atoms with Crippen molar-refractivity contribution in [2.75, 3.05) is 23.0 Å². The highest BCUT2D eigenvalue weighted by molar-refractivity contribution is 8.04. The van der Waals surface area contributed by atoms with Crippen LogP contribution in [0.4, 0.5) is 5.69 Å². The van der Waals surface area contributed by atoms with Crippen LogP contribution in [0.5, 0.6) is 0 Å². The Morgan fingerprint density at radius 2 is 1.28 bits per heavy atom. The first kappa shape index (κ1) is 33.4. The molecule has 0 radical (unpaired) electrons. The van der Waals surface area contributed by atoms with Gasteiger partial charge < -0.3 is 4.90 Å². The Balaban J connectivity index is 1.39. The quantitative estimate of drug-likeness (QED) is 0.0725. The number of rotatable bonds is 13. The van der Waals surface area contributed by atoms with Crippen molar-refractivity contribution in [3.63, 3.8) is 0 Å². The minimum Gasteiger partial charge on any atom is -0.335 e. The summed E-state index contributed by atoms with van der Waals surface area (Å²) in [4.78, 5) is 3.32. The maximum absolute atomic E-state index is 11.4. The number of hydrogen-bond donors (Lipinski definition) is 2. The largest absolute Gasteiger partial charge is 0.335 e. The molecule has 1 aliphatic rings. The summed E-state index contributed by atoms with van der Waals surface area (Å²) in [7, 11) is -8.09. The zero-order chi connectivity index (χ0) is 33.0. The second kappa shape index (κ2) is 14.3. The van der Waals surface area contributed by atoms with Crippen molar-refractivity contribution >= 4 is 65.3 Å². The summed E-state index contributed by atoms with van der Waals surface area (Å²) in [5.41, 5.74) is 6.45. The van der Waals surface area contributed by atoms with E-state index in [1.165, 1.54) is 0 Å². The number of thiazole rings is 1. The second-order valence-corrected chi connectivity index (χ2v) is 16.7. The summed E-state index contributed by atoms with van der Waals surface area (Å²) in [6, 6.07) is 33.1. The highest BCUT2D eigenvalue weighted by atomic mass is 32.2. The Kier molecular flexibility index (Phi) is 10.2. The van der Waals surface area contributed by atoms with Crippen molar-refractivity contribution in [2.24, 2.45) is 0 Å². The van der Waals surface area contributed by atoms with Crippen molar-refractivity contribution in [1.29, 1.82) is 0 Å². The molecular formula is C35H35N2O6S4+. The van der Waals surface area contributed by atoms with E-state index in [4.69, 9.17) is 0 Å². The molecule has 5 aromatic rings. The van der Waals surface area contributed by atoms with Gasteiger partial charge >= 0.3 is 0 Å². The predicted molar refractivity (Wildman–Crippen MR) is 192 cm³/mol. The highest BCUT2D eigenvalue weighted by Crippen LogP contribution is 2.48. The van der Waals surface area contributed by atoms with Gasteiger partial charge in [-0.15, -0.1) is 0 Å². The van der Waals surface area contributed by atoms with Gasteiger partial charge in [0.25, 0.3) is 25.2 Å². The molecule has 0 aliphatic carbocycles. The first-order valence-electron chi connectivity index (χ1n) is 15.3. The number of fused-ring (bicyclic) bond motifs is 2. The molecule has 0 atom stereocenters. The Hall–Kier alpha value is -3.52. The van der Waals surface area contributed by atoms with Gasteiger partial charge in [-0.25, -0.2) is 0 Å². The lowest BCUT2D eigenvalue weighted by Gasteiger charge is -2.20. The van der Waals surface area contributed by atoms with E-state index in [-0.39, 0.29) is 11.5 Å². The van der Waals surface area contributed by atoms with Gasteiger partial charge in [0.15, 0.2) is 6.54 Å². The zero-order valence-electron chi connectivity index (χ0n) is 25.5. The van der Waals surface area contributed by atoms with E-state index in [0.29, 0.717) is 38.8 Å². The molecule has 47 heavy (non-hydrogen) atoms. The molecule has 12 heteroatoms. The second-order valence-electron chi connectivity index (χ2n) is 11.4. The van der Waals surface area contributed by atoms with Crippen LogP contribution >= 0.6 is 23.1 Å². The topological polar surface area (TPSA) is 116 Å². The van der Waals surface area contributed by atoms with Gasteiger partial charge in [0.1, 0.15) is 4.70 Å². The summed E-state index contributed by atoms with van der Waals surface area (Å²) < 4.78 is 67.6. The van der Waals surface area contributed by atoms with Crippen LogP contribution < -0.4 is 9.47 Å². The van der Waals surface area contributed by atoms with E-state index < -0.39 is 20.2 Å². The molecule has 0 saturated heterocycles. The fourth-order valence-electron chi connectivity index (χ4n) is 5.71. The van der Waals surface area contributed by atoms with E-state index in [1.54, 1.807) is 23.1 Å². The zero-order valence-corrected chi connectivity index (χ0v) is 28.8. The monoisotopic (exact) mass is 707 g/mol. The van der Waals surface area contributed by atoms with E-state index in [2.05, 4.69) is 76.2 Å². The van der Waals surface area contributed by atoms with Gasteiger partial charge in [-0.1, -0.05) is 95.9 Å². The van der Waals surface area contributed by atoms with Crippen LogP contribution in [0.3, 0.4) is 0 Å². The Morgan fingerprint density at radius 3 is 1.91 bits per heavy atom. The SMILES string of the molecule is O=S(=O)(O)CCCCN1C(=Cc2sc3ccc(-c4ccccc4)cc3[n+]2CCCCS(=O)(=O)O)Sc2ccc(-c3ccccc3)cc21. The molecule has 244 valence electrons. The van der Waals surface area contributed by atoms with E-state index in [9.17, 15) is 25.9 Å². The smallest absolute Gasteiger partial charge is 0.265 e. The van der Waals surface area contributed by atoms with Crippen molar-refractivity contribution in [2.45, 2.75) is 37.1 Å². The normalized spacial score (nSPS) is 14.3. The fourth-order valence-corrected chi connectivity index (χ4v) is 9.14. The Labute approximate surface area is 283 Å². The van der Waals surface area contributed by atoms with Crippen molar-refractivity contribution in [1.82, 2.24) is 0 Å². The third-order valence-corrected chi connectivity index (χ3v) is 11.8. The average Bonchev–Trinajstić information content (AvgIpc) is 3.57. The maximum Gasteiger partial charge on any atom is 0.265 e. The van der Waals surface area contributed by atoms with Crippen LogP contribution in [0.1, 0.15) is 30.7 Å². The fraction of sp³-hybridized carbons (Fsp3) is 0.229. The molecule has 4 aromatic carbocycles. The summed E-state index contributed by atoms with van der Waals surface area (Å²) >= 11 is 3.31. The first-order chi connectivity index (χ1) is 22.5. The van der Waals surface area contributed by atoms with Gasteiger partial charge in [0, 0.05) is 23.9 Å². The van der Waals surface area contributed by atoms with Crippen molar-refractivity contribution in [3.8, 4) is 22.3 Å². The molecule has 6 rings (SSSR count). The predicted octanol–water partition coefficient (Wildman–Crippen LogP) is 7.77. The number of anilines is 1. The number of aromatic nitrogens is 1. The lowest BCUT2D eigenvalue weighted by Crippen LogP contribution is -2.35. The molecule has 0 fully saturated rings. The lowest BCUT2D eigenvalue weighted by atomic mass is 10.0. The standard InChI is InChI=1S/C35H34N2O6S4/c38-46(39,40)21-9-7-19-36-30-23-28(26-11-3-1-4-12-26)15-17-32(30)44-34(36)25-35-37(20-8-10-22-47(41,42)43)31-24-29(16-18-33(31)45-35)27-13-5-2-6-14-27/h1-6,11-18,23-25H,7-10,19-22H2,(H-,38,39,40,41,42,43)/p+1. The molecule has 1 aliphatic heterocycles. The van der Waals surface area contributed by atoms with E-state index in [0.717, 1.165) is 53.1 Å². The number of benzene rings is 4. The van der Waals surface area contributed by atoms with Crippen molar-refractivity contribution < 1.29 is 30.5 Å². The van der Waals surface area contributed by atoms with Crippen LogP contribution in [0, 0.1) is 0 Å².